The zero-order chi connectivity index (χ0) is 14.5. The fourth-order valence-electron chi connectivity index (χ4n) is 2.67. The van der Waals surface area contributed by atoms with Crippen molar-refractivity contribution in [2.45, 2.75) is 57.3 Å². The first-order valence-corrected chi connectivity index (χ1v) is 8.21. The highest BCUT2D eigenvalue weighted by molar-refractivity contribution is 7.86. The van der Waals surface area contributed by atoms with E-state index in [1.807, 2.05) is 20.8 Å². The molecule has 0 atom stereocenters. The minimum absolute atomic E-state index is 0.238. The molecule has 0 aromatic heterocycles. The fourth-order valence-corrected chi connectivity index (χ4v) is 3.30. The van der Waals surface area contributed by atoms with E-state index >= 15 is 0 Å². The summed E-state index contributed by atoms with van der Waals surface area (Å²) in [6, 6.07) is 0. The quantitative estimate of drug-likeness (QED) is 0.721. The number of nitrogens with zero attached hydrogens (tertiary/aromatic N) is 1. The summed E-state index contributed by atoms with van der Waals surface area (Å²) >= 11 is 0. The molecule has 1 heterocycles. The lowest BCUT2D eigenvalue weighted by atomic mass is 9.66. The fraction of sp³-hybridized carbons (Fsp3) is 0.917. The van der Waals surface area contributed by atoms with Crippen molar-refractivity contribution < 1.29 is 22.1 Å². The van der Waals surface area contributed by atoms with Gasteiger partial charge in [0.15, 0.2) is 0 Å². The predicted molar refractivity (Wildman–Crippen MR) is 69.2 cm³/mol. The second-order valence-electron chi connectivity index (χ2n) is 6.44. The van der Waals surface area contributed by atoms with Crippen LogP contribution in [0.5, 0.6) is 0 Å². The number of amides is 1. The second kappa shape index (κ2) is 4.34. The third-order valence-corrected chi connectivity index (χ3v) is 4.14. The van der Waals surface area contributed by atoms with E-state index in [2.05, 4.69) is 0 Å². The summed E-state index contributed by atoms with van der Waals surface area (Å²) in [4.78, 5) is 13.7. The summed E-state index contributed by atoms with van der Waals surface area (Å²) < 4.78 is 32.3. The topological polar surface area (TPSA) is 72.9 Å². The van der Waals surface area contributed by atoms with Crippen molar-refractivity contribution in [2.24, 2.45) is 0 Å². The number of hydrogen-bond donors (Lipinski definition) is 0. The Labute approximate surface area is 114 Å². The summed E-state index contributed by atoms with van der Waals surface area (Å²) in [5.74, 6) is 0. The van der Waals surface area contributed by atoms with Gasteiger partial charge < -0.3 is 9.64 Å². The van der Waals surface area contributed by atoms with Gasteiger partial charge in [-0.25, -0.2) is 4.79 Å². The first-order valence-electron chi connectivity index (χ1n) is 6.40. The average molecular weight is 291 g/mol. The van der Waals surface area contributed by atoms with E-state index in [1.54, 1.807) is 4.90 Å². The molecule has 6 nitrogen and oxygen atoms in total. The van der Waals surface area contributed by atoms with Crippen LogP contribution in [0.15, 0.2) is 0 Å². The monoisotopic (exact) mass is 291 g/mol. The highest BCUT2D eigenvalue weighted by atomic mass is 32.2. The molecule has 2 fully saturated rings. The molecule has 1 spiro atoms. The van der Waals surface area contributed by atoms with Crippen LogP contribution < -0.4 is 0 Å². The Morgan fingerprint density at radius 1 is 1.32 bits per heavy atom. The molecule has 1 aliphatic carbocycles. The number of carbonyl (C=O) groups is 1. The molecule has 0 unspecified atom stereocenters. The highest BCUT2D eigenvalue weighted by Gasteiger charge is 2.58. The molecule has 0 N–H and O–H groups in total. The SMILES string of the molecule is CC(C)(C)OC(=O)N1CCC12CC(OS(C)(=O)=O)C2. The standard InChI is InChI=1S/C12H21NO5S/c1-11(2,3)17-10(14)13-6-5-12(13)7-9(8-12)18-19(4,15)16/h9H,5-8H2,1-4H3. The smallest absolute Gasteiger partial charge is 0.410 e. The molecular weight excluding hydrogens is 270 g/mol. The van der Waals surface area contributed by atoms with Gasteiger partial charge in [-0.05, 0) is 40.0 Å². The Hall–Kier alpha value is -0.820. The van der Waals surface area contributed by atoms with Crippen LogP contribution in [0.3, 0.4) is 0 Å². The minimum atomic E-state index is -3.42. The molecule has 7 heteroatoms. The van der Waals surface area contributed by atoms with E-state index in [9.17, 15) is 13.2 Å². The van der Waals surface area contributed by atoms with Crippen LogP contribution in [0.2, 0.25) is 0 Å². The van der Waals surface area contributed by atoms with E-state index < -0.39 is 15.7 Å². The van der Waals surface area contributed by atoms with E-state index in [0.29, 0.717) is 19.4 Å². The molecular formula is C12H21NO5S. The molecule has 0 aromatic rings. The Balaban J connectivity index is 1.89. The summed E-state index contributed by atoms with van der Waals surface area (Å²) in [7, 11) is -3.42. The lowest BCUT2D eigenvalue weighted by Crippen LogP contribution is -2.70. The van der Waals surface area contributed by atoms with Crippen LogP contribution in [-0.2, 0) is 19.0 Å². The molecule has 0 radical (unpaired) electrons. The van der Waals surface area contributed by atoms with Gasteiger partial charge in [-0.2, -0.15) is 8.42 Å². The predicted octanol–water partition coefficient (Wildman–Crippen LogP) is 1.50. The van der Waals surface area contributed by atoms with Crippen molar-refractivity contribution in [2.75, 3.05) is 12.8 Å². The molecule has 110 valence electrons. The van der Waals surface area contributed by atoms with Gasteiger partial charge in [-0.1, -0.05) is 0 Å². The van der Waals surface area contributed by atoms with Gasteiger partial charge in [0.05, 0.1) is 17.9 Å². The zero-order valence-corrected chi connectivity index (χ0v) is 12.6. The van der Waals surface area contributed by atoms with Gasteiger partial charge in [-0.3, -0.25) is 4.18 Å². The molecule has 1 aliphatic heterocycles. The van der Waals surface area contributed by atoms with Crippen molar-refractivity contribution >= 4 is 16.2 Å². The van der Waals surface area contributed by atoms with Crippen molar-refractivity contribution in [3.63, 3.8) is 0 Å². The van der Waals surface area contributed by atoms with E-state index in [0.717, 1.165) is 12.7 Å². The molecule has 2 rings (SSSR count). The maximum atomic E-state index is 12.0. The van der Waals surface area contributed by atoms with Crippen LogP contribution >= 0.6 is 0 Å². The second-order valence-corrected chi connectivity index (χ2v) is 8.04. The van der Waals surface area contributed by atoms with E-state index in [1.165, 1.54) is 0 Å². The minimum Gasteiger partial charge on any atom is -0.444 e. The van der Waals surface area contributed by atoms with Gasteiger partial charge in [0.2, 0.25) is 0 Å². The first kappa shape index (κ1) is 14.6. The molecule has 0 aromatic carbocycles. The van der Waals surface area contributed by atoms with Crippen molar-refractivity contribution in [3.05, 3.63) is 0 Å². The van der Waals surface area contributed by atoms with Crippen LogP contribution in [-0.4, -0.2) is 49.5 Å². The number of carbonyl (C=O) groups excluding carboxylic acids is 1. The number of likely N-dealkylation sites (tertiary alicyclic amines) is 1. The number of ether oxygens (including phenoxy) is 1. The Kier molecular flexibility index (Phi) is 3.33. The number of hydrogen-bond acceptors (Lipinski definition) is 5. The first-order chi connectivity index (χ1) is 8.51. The Morgan fingerprint density at radius 3 is 2.26 bits per heavy atom. The third kappa shape index (κ3) is 3.20. The van der Waals surface area contributed by atoms with Gasteiger partial charge in [-0.15, -0.1) is 0 Å². The summed E-state index contributed by atoms with van der Waals surface area (Å²) in [5, 5.41) is 0. The van der Waals surface area contributed by atoms with Crippen molar-refractivity contribution in [1.82, 2.24) is 4.90 Å². The van der Waals surface area contributed by atoms with Gasteiger partial charge >= 0.3 is 6.09 Å². The maximum absolute atomic E-state index is 12.0. The van der Waals surface area contributed by atoms with Gasteiger partial charge in [0.25, 0.3) is 10.1 Å². The highest BCUT2D eigenvalue weighted by Crippen LogP contribution is 2.49. The van der Waals surface area contributed by atoms with Crippen LogP contribution in [0, 0.1) is 0 Å². The van der Waals surface area contributed by atoms with E-state index in [4.69, 9.17) is 8.92 Å². The lowest BCUT2D eigenvalue weighted by Gasteiger charge is -2.60. The van der Waals surface area contributed by atoms with Crippen LogP contribution in [0.1, 0.15) is 40.0 Å². The van der Waals surface area contributed by atoms with Crippen LogP contribution in [0.4, 0.5) is 4.79 Å². The van der Waals surface area contributed by atoms with E-state index in [-0.39, 0.29) is 17.7 Å². The van der Waals surface area contributed by atoms with Gasteiger partial charge in [0.1, 0.15) is 5.60 Å². The van der Waals surface area contributed by atoms with Crippen molar-refractivity contribution in [1.29, 1.82) is 0 Å². The number of rotatable bonds is 2. The molecule has 0 bridgehead atoms. The molecule has 2 aliphatic rings. The maximum Gasteiger partial charge on any atom is 0.410 e. The molecule has 1 amide bonds. The van der Waals surface area contributed by atoms with Crippen LogP contribution in [0.25, 0.3) is 0 Å². The molecule has 19 heavy (non-hydrogen) atoms. The average Bonchev–Trinajstić information content (AvgIpc) is 2.02. The largest absolute Gasteiger partial charge is 0.444 e. The van der Waals surface area contributed by atoms with Crippen molar-refractivity contribution in [3.8, 4) is 0 Å². The Bertz CT molecular complexity index is 473. The Morgan fingerprint density at radius 2 is 1.89 bits per heavy atom. The van der Waals surface area contributed by atoms with Gasteiger partial charge in [0, 0.05) is 6.54 Å². The summed E-state index contributed by atoms with van der Waals surface area (Å²) in [5.41, 5.74) is -0.752. The molecule has 1 saturated heterocycles. The summed E-state index contributed by atoms with van der Waals surface area (Å²) in [6.07, 6.45) is 2.44. The third-order valence-electron chi connectivity index (χ3n) is 3.51. The molecule has 1 saturated carbocycles. The summed E-state index contributed by atoms with van der Waals surface area (Å²) in [6.45, 7) is 6.15. The normalized spacial score (nSPS) is 30.7. The zero-order valence-electron chi connectivity index (χ0n) is 11.8. The lowest BCUT2D eigenvalue weighted by molar-refractivity contribution is -0.120.